The molecule has 2 N–H and O–H groups in total. The number of carboxylic acid groups (broad SMARTS) is 1. The van der Waals surface area contributed by atoms with E-state index in [-0.39, 0.29) is 11.7 Å². The standard InChI is InChI=1S/C28H34F3N3O4/c29-19-7-9-22(24-15-28(30,31)17-38-24)23(14-19)25(27(35)36)34-12-10-21(16-34)37-13-2-1-5-20-8-6-18-4-3-11-32-26(18)33-20/h6-9,14,21,24-25H,1-5,10-13,15-17H2,(H,32,33)(H,35,36). The van der Waals surface area contributed by atoms with Crippen molar-refractivity contribution in [2.45, 2.75) is 69.1 Å². The number of anilines is 1. The first-order valence-corrected chi connectivity index (χ1v) is 13.4. The normalized spacial score (nSPS) is 23.7. The SMILES string of the molecule is O=C(O)C(c1cc(F)ccc1C1CC(F)(F)CO1)N1CCC(OCCCCc2ccc3c(n2)NCCC3)C1. The van der Waals surface area contributed by atoms with Crippen LogP contribution in [0.25, 0.3) is 0 Å². The summed E-state index contributed by atoms with van der Waals surface area (Å²) < 4.78 is 53.1. The number of rotatable bonds is 10. The highest BCUT2D eigenvalue weighted by atomic mass is 19.3. The zero-order valence-corrected chi connectivity index (χ0v) is 21.3. The number of carboxylic acids is 1. The van der Waals surface area contributed by atoms with E-state index in [0.29, 0.717) is 31.7 Å². The lowest BCUT2D eigenvalue weighted by Crippen LogP contribution is -2.34. The number of aryl methyl sites for hydroxylation is 2. The minimum atomic E-state index is -2.99. The number of likely N-dealkylation sites (tertiary alicyclic amines) is 1. The monoisotopic (exact) mass is 533 g/mol. The molecular weight excluding hydrogens is 499 g/mol. The number of ether oxygens (including phenoxy) is 2. The molecule has 38 heavy (non-hydrogen) atoms. The van der Waals surface area contributed by atoms with E-state index >= 15 is 0 Å². The van der Waals surface area contributed by atoms with Crippen LogP contribution in [0.2, 0.25) is 0 Å². The van der Waals surface area contributed by atoms with Crippen molar-refractivity contribution >= 4 is 11.8 Å². The number of hydrogen-bond donors (Lipinski definition) is 2. The molecule has 0 spiro atoms. The lowest BCUT2D eigenvalue weighted by atomic mass is 9.93. The predicted octanol–water partition coefficient (Wildman–Crippen LogP) is 4.92. The minimum Gasteiger partial charge on any atom is -0.480 e. The summed E-state index contributed by atoms with van der Waals surface area (Å²) in [7, 11) is 0. The van der Waals surface area contributed by atoms with Crippen molar-refractivity contribution in [3.05, 3.63) is 58.5 Å². The number of nitrogens with one attached hydrogen (secondary N) is 1. The number of aromatic nitrogens is 1. The molecule has 0 bridgehead atoms. The van der Waals surface area contributed by atoms with Crippen LogP contribution in [0, 0.1) is 5.82 Å². The summed E-state index contributed by atoms with van der Waals surface area (Å²) >= 11 is 0. The molecule has 206 valence electrons. The first-order valence-electron chi connectivity index (χ1n) is 13.4. The van der Waals surface area contributed by atoms with Crippen LogP contribution in [0.1, 0.15) is 66.6 Å². The average molecular weight is 534 g/mol. The van der Waals surface area contributed by atoms with Crippen LogP contribution in [0.4, 0.5) is 19.0 Å². The highest BCUT2D eigenvalue weighted by Crippen LogP contribution is 2.42. The summed E-state index contributed by atoms with van der Waals surface area (Å²) in [5, 5.41) is 13.4. The second-order valence-electron chi connectivity index (χ2n) is 10.4. The van der Waals surface area contributed by atoms with E-state index in [0.717, 1.165) is 62.3 Å². The van der Waals surface area contributed by atoms with Gasteiger partial charge in [0.05, 0.1) is 12.2 Å². The fourth-order valence-corrected chi connectivity index (χ4v) is 5.66. The maximum Gasteiger partial charge on any atom is 0.325 e. The third kappa shape index (κ3) is 6.30. The molecule has 2 saturated heterocycles. The maximum atomic E-state index is 14.2. The Kier molecular flexibility index (Phi) is 8.20. The summed E-state index contributed by atoms with van der Waals surface area (Å²) in [4.78, 5) is 18.8. The molecule has 3 aliphatic heterocycles. The number of pyridine rings is 1. The number of nitrogens with zero attached hydrogens (tertiary/aromatic N) is 2. The Labute approximate surface area is 220 Å². The van der Waals surface area contributed by atoms with Gasteiger partial charge in [-0.05, 0) is 73.4 Å². The number of hydrogen-bond acceptors (Lipinski definition) is 6. The molecule has 4 heterocycles. The largest absolute Gasteiger partial charge is 0.480 e. The summed E-state index contributed by atoms with van der Waals surface area (Å²) in [5.41, 5.74) is 2.79. The third-order valence-electron chi connectivity index (χ3n) is 7.58. The Morgan fingerprint density at radius 1 is 1.29 bits per heavy atom. The van der Waals surface area contributed by atoms with Crippen LogP contribution in [-0.4, -0.2) is 65.8 Å². The van der Waals surface area contributed by atoms with Crippen molar-refractivity contribution in [3.8, 4) is 0 Å². The first-order chi connectivity index (χ1) is 18.3. The molecule has 1 aromatic carbocycles. The molecule has 3 atom stereocenters. The molecular formula is C28H34F3N3O4. The van der Waals surface area contributed by atoms with Gasteiger partial charge < -0.3 is 19.9 Å². The van der Waals surface area contributed by atoms with E-state index in [1.54, 1.807) is 4.90 Å². The molecule has 2 fully saturated rings. The van der Waals surface area contributed by atoms with Crippen molar-refractivity contribution in [1.29, 1.82) is 0 Å². The smallest absolute Gasteiger partial charge is 0.325 e. The average Bonchev–Trinajstić information content (AvgIpc) is 3.49. The van der Waals surface area contributed by atoms with E-state index < -0.39 is 42.9 Å². The summed E-state index contributed by atoms with van der Waals surface area (Å²) in [6.45, 7) is 1.60. The number of alkyl halides is 2. The number of carbonyl (C=O) groups is 1. The van der Waals surface area contributed by atoms with Gasteiger partial charge in [0.25, 0.3) is 5.92 Å². The van der Waals surface area contributed by atoms with Crippen LogP contribution in [0.15, 0.2) is 30.3 Å². The number of aliphatic carboxylic acids is 1. The topological polar surface area (TPSA) is 83.9 Å². The molecule has 0 amide bonds. The van der Waals surface area contributed by atoms with Crippen LogP contribution >= 0.6 is 0 Å². The zero-order valence-electron chi connectivity index (χ0n) is 21.3. The predicted molar refractivity (Wildman–Crippen MR) is 135 cm³/mol. The molecule has 0 aliphatic carbocycles. The molecule has 1 aromatic heterocycles. The second-order valence-corrected chi connectivity index (χ2v) is 10.4. The van der Waals surface area contributed by atoms with E-state index in [4.69, 9.17) is 14.5 Å². The van der Waals surface area contributed by atoms with Crippen molar-refractivity contribution < 1.29 is 32.5 Å². The zero-order chi connectivity index (χ0) is 26.7. The Bertz CT molecular complexity index is 1150. The van der Waals surface area contributed by atoms with E-state index in [1.165, 1.54) is 11.6 Å². The van der Waals surface area contributed by atoms with Crippen LogP contribution in [-0.2, 0) is 27.1 Å². The summed E-state index contributed by atoms with van der Waals surface area (Å²) in [6.07, 6.45) is 3.81. The van der Waals surface area contributed by atoms with Gasteiger partial charge in [-0.15, -0.1) is 0 Å². The number of benzene rings is 1. The third-order valence-corrected chi connectivity index (χ3v) is 7.58. The van der Waals surface area contributed by atoms with Crippen molar-refractivity contribution in [3.63, 3.8) is 0 Å². The Morgan fingerprint density at radius 3 is 2.95 bits per heavy atom. The highest BCUT2D eigenvalue weighted by Gasteiger charge is 2.44. The molecule has 0 saturated carbocycles. The molecule has 10 heteroatoms. The van der Waals surface area contributed by atoms with Crippen LogP contribution < -0.4 is 5.32 Å². The van der Waals surface area contributed by atoms with Crippen molar-refractivity contribution in [2.24, 2.45) is 0 Å². The van der Waals surface area contributed by atoms with Gasteiger partial charge in [-0.1, -0.05) is 12.1 Å². The van der Waals surface area contributed by atoms with Gasteiger partial charge in [-0.2, -0.15) is 0 Å². The quantitative estimate of drug-likeness (QED) is 0.420. The van der Waals surface area contributed by atoms with Gasteiger partial charge in [-0.3, -0.25) is 9.69 Å². The molecule has 2 aromatic rings. The van der Waals surface area contributed by atoms with Gasteiger partial charge in [-0.25, -0.2) is 18.2 Å². The van der Waals surface area contributed by atoms with E-state index in [9.17, 15) is 23.1 Å². The van der Waals surface area contributed by atoms with Gasteiger partial charge in [0.2, 0.25) is 0 Å². The van der Waals surface area contributed by atoms with Crippen molar-refractivity contribution in [1.82, 2.24) is 9.88 Å². The number of fused-ring (bicyclic) bond motifs is 1. The van der Waals surface area contributed by atoms with Crippen LogP contribution in [0.5, 0.6) is 0 Å². The Balaban J connectivity index is 1.14. The Morgan fingerprint density at radius 2 is 2.16 bits per heavy atom. The minimum absolute atomic E-state index is 0.146. The van der Waals surface area contributed by atoms with Gasteiger partial charge in [0, 0.05) is 38.4 Å². The highest BCUT2D eigenvalue weighted by molar-refractivity contribution is 5.76. The molecule has 7 nitrogen and oxygen atoms in total. The van der Waals surface area contributed by atoms with Gasteiger partial charge in [0.1, 0.15) is 24.3 Å². The molecule has 0 radical (unpaired) electrons. The fraction of sp³-hybridized carbons (Fsp3) is 0.571. The molecule has 5 rings (SSSR count). The summed E-state index contributed by atoms with van der Waals surface area (Å²) in [5.74, 6) is -3.77. The van der Waals surface area contributed by atoms with E-state index in [2.05, 4.69) is 17.4 Å². The summed E-state index contributed by atoms with van der Waals surface area (Å²) in [6, 6.07) is 6.73. The first kappa shape index (κ1) is 26.9. The number of unbranched alkanes of at least 4 members (excludes halogenated alkanes) is 1. The molecule has 3 aliphatic rings. The molecule has 3 unspecified atom stereocenters. The van der Waals surface area contributed by atoms with E-state index in [1.807, 2.05) is 0 Å². The van der Waals surface area contributed by atoms with Gasteiger partial charge >= 0.3 is 5.97 Å². The fourth-order valence-electron chi connectivity index (χ4n) is 5.66. The lowest BCUT2D eigenvalue weighted by molar-refractivity contribution is -0.143. The lowest BCUT2D eigenvalue weighted by Gasteiger charge is -2.27. The number of halogens is 3. The maximum absolute atomic E-state index is 14.2. The van der Waals surface area contributed by atoms with Crippen molar-refractivity contribution in [2.75, 3.05) is 38.2 Å². The van der Waals surface area contributed by atoms with Crippen LogP contribution in [0.3, 0.4) is 0 Å². The van der Waals surface area contributed by atoms with Gasteiger partial charge in [0.15, 0.2) is 0 Å². The Hall–Kier alpha value is -2.69. The second kappa shape index (κ2) is 11.6.